The largest absolute Gasteiger partial charge is 0.383 e. The standard InChI is InChI=1S/C12H17ClINO2S/c1-12(2,3)18(16,17)7-6-15-11-5-4-9(13)8-10(11)14/h4-5,8,15H,6-7H2,1-3H3. The Balaban J connectivity index is 2.63. The minimum Gasteiger partial charge on any atom is -0.383 e. The Morgan fingerprint density at radius 2 is 1.94 bits per heavy atom. The lowest BCUT2D eigenvalue weighted by atomic mass is 10.3. The van der Waals surface area contributed by atoms with E-state index in [2.05, 4.69) is 27.9 Å². The first-order valence-corrected chi connectivity index (χ1v) is 8.65. The molecular weight excluding hydrogens is 385 g/mol. The van der Waals surface area contributed by atoms with Crippen LogP contribution in [0.3, 0.4) is 0 Å². The third kappa shape index (κ3) is 4.28. The van der Waals surface area contributed by atoms with Crippen LogP contribution >= 0.6 is 34.2 Å². The molecule has 18 heavy (non-hydrogen) atoms. The average Bonchev–Trinajstić information content (AvgIpc) is 2.19. The van der Waals surface area contributed by atoms with Crippen molar-refractivity contribution in [1.82, 2.24) is 0 Å². The molecule has 0 aliphatic rings. The van der Waals surface area contributed by atoms with E-state index in [9.17, 15) is 8.42 Å². The fourth-order valence-corrected chi connectivity index (χ4v) is 3.30. The molecule has 1 aromatic carbocycles. The normalized spacial score (nSPS) is 12.5. The Hall–Kier alpha value is -0.0100. The molecule has 0 aliphatic heterocycles. The predicted octanol–water partition coefficient (Wildman–Crippen LogP) is 3.57. The molecule has 0 atom stereocenters. The Morgan fingerprint density at radius 1 is 1.33 bits per heavy atom. The molecule has 0 saturated carbocycles. The maximum Gasteiger partial charge on any atom is 0.156 e. The molecule has 0 heterocycles. The van der Waals surface area contributed by atoms with Gasteiger partial charge in [0, 0.05) is 20.8 Å². The number of hydrogen-bond acceptors (Lipinski definition) is 3. The van der Waals surface area contributed by atoms with Gasteiger partial charge in [-0.1, -0.05) is 11.6 Å². The molecule has 0 aromatic heterocycles. The van der Waals surface area contributed by atoms with Crippen LogP contribution in [0.1, 0.15) is 20.8 Å². The summed E-state index contributed by atoms with van der Waals surface area (Å²) >= 11 is 8.02. The van der Waals surface area contributed by atoms with Gasteiger partial charge in [0.2, 0.25) is 0 Å². The van der Waals surface area contributed by atoms with Crippen molar-refractivity contribution in [3.63, 3.8) is 0 Å². The number of halogens is 2. The van der Waals surface area contributed by atoms with Gasteiger partial charge in [0.1, 0.15) is 0 Å². The van der Waals surface area contributed by atoms with Crippen LogP contribution in [0.15, 0.2) is 18.2 Å². The molecular formula is C12H17ClINO2S. The molecule has 0 fully saturated rings. The minimum absolute atomic E-state index is 0.120. The molecule has 3 nitrogen and oxygen atoms in total. The monoisotopic (exact) mass is 401 g/mol. The average molecular weight is 402 g/mol. The first-order chi connectivity index (χ1) is 8.13. The molecule has 0 amide bonds. The summed E-state index contributed by atoms with van der Waals surface area (Å²) < 4.78 is 24.1. The van der Waals surface area contributed by atoms with Gasteiger partial charge < -0.3 is 5.32 Å². The molecule has 102 valence electrons. The molecule has 0 saturated heterocycles. The van der Waals surface area contributed by atoms with Gasteiger partial charge in [0.15, 0.2) is 9.84 Å². The van der Waals surface area contributed by atoms with Crippen LogP contribution in [-0.2, 0) is 9.84 Å². The second-order valence-electron chi connectivity index (χ2n) is 4.98. The molecule has 1 aromatic rings. The fourth-order valence-electron chi connectivity index (χ4n) is 1.26. The van der Waals surface area contributed by atoms with Gasteiger partial charge in [-0.15, -0.1) is 0 Å². The quantitative estimate of drug-likeness (QED) is 0.785. The Labute approximate surface area is 127 Å². The molecule has 0 unspecified atom stereocenters. The van der Waals surface area contributed by atoms with Gasteiger partial charge in [-0.25, -0.2) is 8.42 Å². The van der Waals surface area contributed by atoms with E-state index < -0.39 is 14.6 Å². The van der Waals surface area contributed by atoms with Gasteiger partial charge in [-0.2, -0.15) is 0 Å². The second kappa shape index (κ2) is 5.96. The molecule has 0 spiro atoms. The van der Waals surface area contributed by atoms with E-state index in [-0.39, 0.29) is 5.75 Å². The van der Waals surface area contributed by atoms with Crippen LogP contribution in [0.25, 0.3) is 0 Å². The first kappa shape index (κ1) is 16.0. The number of sulfone groups is 1. The second-order valence-corrected chi connectivity index (χ2v) is 9.44. The maximum absolute atomic E-state index is 11.9. The third-order valence-electron chi connectivity index (χ3n) is 2.55. The van der Waals surface area contributed by atoms with Gasteiger partial charge in [-0.3, -0.25) is 0 Å². The van der Waals surface area contributed by atoms with Gasteiger partial charge in [0.25, 0.3) is 0 Å². The first-order valence-electron chi connectivity index (χ1n) is 5.55. The van der Waals surface area contributed by atoms with E-state index >= 15 is 0 Å². The number of benzene rings is 1. The Bertz CT molecular complexity index is 523. The summed E-state index contributed by atoms with van der Waals surface area (Å²) in [6, 6.07) is 5.47. The smallest absolute Gasteiger partial charge is 0.156 e. The molecule has 6 heteroatoms. The Kier molecular flexibility index (Phi) is 5.32. The van der Waals surface area contributed by atoms with Crippen LogP contribution < -0.4 is 5.32 Å². The van der Waals surface area contributed by atoms with Crippen LogP contribution in [0, 0.1) is 3.57 Å². The van der Waals surface area contributed by atoms with Crippen molar-refractivity contribution >= 4 is 49.7 Å². The number of anilines is 1. The van der Waals surface area contributed by atoms with E-state index in [1.54, 1.807) is 26.8 Å². The minimum atomic E-state index is -3.08. The highest BCUT2D eigenvalue weighted by Crippen LogP contribution is 2.22. The highest BCUT2D eigenvalue weighted by atomic mass is 127. The molecule has 1 rings (SSSR count). The SMILES string of the molecule is CC(C)(C)S(=O)(=O)CCNc1ccc(Cl)cc1I. The molecule has 0 aliphatic carbocycles. The zero-order valence-corrected chi connectivity index (χ0v) is 14.4. The zero-order chi connectivity index (χ0) is 14.0. The van der Waals surface area contributed by atoms with Crippen LogP contribution in [0.4, 0.5) is 5.69 Å². The van der Waals surface area contributed by atoms with E-state index in [1.165, 1.54) is 0 Å². The van der Waals surface area contributed by atoms with Crippen molar-refractivity contribution < 1.29 is 8.42 Å². The van der Waals surface area contributed by atoms with Gasteiger partial charge in [0.05, 0.1) is 10.5 Å². The summed E-state index contributed by atoms with van der Waals surface area (Å²) in [5.41, 5.74) is 0.907. The third-order valence-corrected chi connectivity index (χ3v) is 6.29. The Morgan fingerprint density at radius 3 is 2.44 bits per heavy atom. The van der Waals surface area contributed by atoms with Crippen molar-refractivity contribution in [2.45, 2.75) is 25.5 Å². The predicted molar refractivity (Wildman–Crippen MR) is 86.2 cm³/mol. The molecule has 0 bridgehead atoms. The summed E-state index contributed by atoms with van der Waals surface area (Å²) in [5, 5.41) is 3.80. The summed E-state index contributed by atoms with van der Waals surface area (Å²) in [6.07, 6.45) is 0. The highest BCUT2D eigenvalue weighted by Gasteiger charge is 2.28. The lowest BCUT2D eigenvalue weighted by Gasteiger charge is -2.19. The lowest BCUT2D eigenvalue weighted by molar-refractivity contribution is 0.560. The zero-order valence-electron chi connectivity index (χ0n) is 10.6. The van der Waals surface area contributed by atoms with Crippen molar-refractivity contribution in [2.75, 3.05) is 17.6 Å². The van der Waals surface area contributed by atoms with Crippen molar-refractivity contribution in [3.05, 3.63) is 26.8 Å². The van der Waals surface area contributed by atoms with E-state index in [1.807, 2.05) is 12.1 Å². The van der Waals surface area contributed by atoms with Crippen LogP contribution in [0.5, 0.6) is 0 Å². The van der Waals surface area contributed by atoms with Crippen LogP contribution in [0.2, 0.25) is 5.02 Å². The molecule has 0 radical (unpaired) electrons. The van der Waals surface area contributed by atoms with E-state index in [4.69, 9.17) is 11.6 Å². The number of rotatable bonds is 4. The van der Waals surface area contributed by atoms with E-state index in [0.717, 1.165) is 9.26 Å². The van der Waals surface area contributed by atoms with Crippen LogP contribution in [-0.4, -0.2) is 25.5 Å². The fraction of sp³-hybridized carbons (Fsp3) is 0.500. The number of hydrogen-bond donors (Lipinski definition) is 1. The lowest BCUT2D eigenvalue weighted by Crippen LogP contribution is -2.32. The van der Waals surface area contributed by atoms with Gasteiger partial charge >= 0.3 is 0 Å². The highest BCUT2D eigenvalue weighted by molar-refractivity contribution is 14.1. The topological polar surface area (TPSA) is 46.2 Å². The summed E-state index contributed by atoms with van der Waals surface area (Å²) in [5.74, 6) is 0.120. The van der Waals surface area contributed by atoms with E-state index in [0.29, 0.717) is 11.6 Å². The van der Waals surface area contributed by atoms with Gasteiger partial charge in [-0.05, 0) is 61.6 Å². The number of nitrogens with one attached hydrogen (secondary N) is 1. The molecule has 1 N–H and O–H groups in total. The summed E-state index contributed by atoms with van der Waals surface area (Å²) in [4.78, 5) is 0. The van der Waals surface area contributed by atoms with Crippen molar-refractivity contribution in [3.8, 4) is 0 Å². The summed E-state index contributed by atoms with van der Waals surface area (Å²) in [6.45, 7) is 5.55. The van der Waals surface area contributed by atoms with Crippen molar-refractivity contribution in [2.24, 2.45) is 0 Å². The van der Waals surface area contributed by atoms with Crippen molar-refractivity contribution in [1.29, 1.82) is 0 Å². The maximum atomic E-state index is 11.9. The summed E-state index contributed by atoms with van der Waals surface area (Å²) in [7, 11) is -3.08.